The van der Waals surface area contributed by atoms with Crippen LogP contribution in [0.2, 0.25) is 0 Å². The van der Waals surface area contributed by atoms with E-state index in [9.17, 15) is 18.0 Å². The van der Waals surface area contributed by atoms with E-state index < -0.39 is 16.0 Å². The zero-order valence-corrected chi connectivity index (χ0v) is 18.0. The van der Waals surface area contributed by atoms with Crippen molar-refractivity contribution in [3.8, 4) is 0 Å². The van der Waals surface area contributed by atoms with Gasteiger partial charge in [-0.1, -0.05) is 25.0 Å². The van der Waals surface area contributed by atoms with E-state index in [1.165, 1.54) is 12.1 Å². The quantitative estimate of drug-likeness (QED) is 0.647. The Labute approximate surface area is 176 Å². The van der Waals surface area contributed by atoms with Crippen LogP contribution in [0.5, 0.6) is 0 Å². The maximum absolute atomic E-state index is 12.5. The van der Waals surface area contributed by atoms with Crippen LogP contribution in [0.3, 0.4) is 0 Å². The van der Waals surface area contributed by atoms with Crippen LogP contribution in [0, 0.1) is 13.8 Å². The van der Waals surface area contributed by atoms with Crippen molar-refractivity contribution in [3.63, 3.8) is 0 Å². The number of hydrogen-bond donors (Lipinski definition) is 2. The Morgan fingerprint density at radius 2 is 1.80 bits per heavy atom. The van der Waals surface area contributed by atoms with Crippen LogP contribution in [0.1, 0.15) is 53.0 Å². The first-order valence-electron chi connectivity index (χ1n) is 9.90. The van der Waals surface area contributed by atoms with E-state index >= 15 is 0 Å². The van der Waals surface area contributed by atoms with Gasteiger partial charge < -0.3 is 14.6 Å². The topological polar surface area (TPSA) is 120 Å². The number of esters is 1. The molecule has 162 valence electrons. The molecule has 3 rings (SSSR count). The standard InChI is InChI=1S/C21H27N3O5S/c1-14-11-19(21(26)29-13-20(25)23-17-5-3-4-6-17)15(2)24(14)12-16-7-9-18(10-8-16)30(22,27)28/h7-11,17H,3-6,12-13H2,1-2H3,(H,23,25)(H2,22,27,28). The van der Waals surface area contributed by atoms with Crippen LogP contribution in [0.4, 0.5) is 0 Å². The van der Waals surface area contributed by atoms with Gasteiger partial charge in [0.2, 0.25) is 10.0 Å². The monoisotopic (exact) mass is 433 g/mol. The van der Waals surface area contributed by atoms with Gasteiger partial charge in [-0.15, -0.1) is 0 Å². The molecular formula is C21H27N3O5S. The van der Waals surface area contributed by atoms with Crippen LogP contribution in [-0.2, 0) is 26.1 Å². The van der Waals surface area contributed by atoms with Crippen LogP contribution in [0.25, 0.3) is 0 Å². The summed E-state index contributed by atoms with van der Waals surface area (Å²) >= 11 is 0. The average Bonchev–Trinajstić information content (AvgIpc) is 3.29. The van der Waals surface area contributed by atoms with Gasteiger partial charge in [-0.2, -0.15) is 0 Å². The number of amides is 1. The van der Waals surface area contributed by atoms with Crippen molar-refractivity contribution in [1.29, 1.82) is 0 Å². The normalized spacial score (nSPS) is 14.6. The number of carbonyl (C=O) groups excluding carboxylic acids is 2. The number of ether oxygens (including phenoxy) is 1. The van der Waals surface area contributed by atoms with Crippen molar-refractivity contribution in [1.82, 2.24) is 9.88 Å². The number of carbonyl (C=O) groups is 2. The number of aromatic nitrogens is 1. The van der Waals surface area contributed by atoms with Gasteiger partial charge in [0.15, 0.2) is 6.61 Å². The second-order valence-corrected chi connectivity index (χ2v) is 9.25. The largest absolute Gasteiger partial charge is 0.452 e. The molecule has 1 aromatic carbocycles. The van der Waals surface area contributed by atoms with E-state index in [1.807, 2.05) is 11.5 Å². The Balaban J connectivity index is 1.64. The number of aryl methyl sites for hydroxylation is 1. The summed E-state index contributed by atoms with van der Waals surface area (Å²) in [5.41, 5.74) is 2.83. The molecule has 0 atom stereocenters. The second kappa shape index (κ2) is 9.01. The highest BCUT2D eigenvalue weighted by Gasteiger charge is 2.20. The molecule has 2 aromatic rings. The highest BCUT2D eigenvalue weighted by atomic mass is 32.2. The molecule has 1 heterocycles. The first-order chi connectivity index (χ1) is 14.1. The predicted molar refractivity (Wildman–Crippen MR) is 112 cm³/mol. The lowest BCUT2D eigenvalue weighted by Gasteiger charge is -2.12. The molecule has 0 spiro atoms. The molecule has 9 heteroatoms. The first kappa shape index (κ1) is 22.0. The minimum atomic E-state index is -3.74. The predicted octanol–water partition coefficient (Wildman–Crippen LogP) is 2.02. The molecule has 0 radical (unpaired) electrons. The number of hydrogen-bond acceptors (Lipinski definition) is 5. The molecule has 1 fully saturated rings. The van der Waals surface area contributed by atoms with Gasteiger partial charge in [-0.05, 0) is 50.5 Å². The van der Waals surface area contributed by atoms with Gasteiger partial charge in [-0.25, -0.2) is 18.4 Å². The summed E-state index contributed by atoms with van der Waals surface area (Å²) in [4.78, 5) is 24.5. The van der Waals surface area contributed by atoms with Gasteiger partial charge in [0.05, 0.1) is 10.5 Å². The fourth-order valence-corrected chi connectivity index (χ4v) is 4.28. The number of nitrogens with two attached hydrogens (primary N) is 1. The van der Waals surface area contributed by atoms with E-state index in [-0.39, 0.29) is 23.5 Å². The summed E-state index contributed by atoms with van der Waals surface area (Å²) in [6.45, 7) is 3.84. The summed E-state index contributed by atoms with van der Waals surface area (Å²) in [7, 11) is -3.74. The van der Waals surface area contributed by atoms with Crippen molar-refractivity contribution in [2.75, 3.05) is 6.61 Å². The average molecular weight is 434 g/mol. The molecule has 0 unspecified atom stereocenters. The highest BCUT2D eigenvalue weighted by Crippen LogP contribution is 2.20. The molecule has 1 saturated carbocycles. The van der Waals surface area contributed by atoms with Crippen LogP contribution < -0.4 is 10.5 Å². The number of nitrogens with zero attached hydrogens (tertiary/aromatic N) is 1. The van der Waals surface area contributed by atoms with Crippen molar-refractivity contribution in [2.24, 2.45) is 5.14 Å². The van der Waals surface area contributed by atoms with Gasteiger partial charge >= 0.3 is 5.97 Å². The second-order valence-electron chi connectivity index (χ2n) is 7.68. The molecule has 1 amide bonds. The van der Waals surface area contributed by atoms with E-state index in [1.54, 1.807) is 25.1 Å². The molecule has 30 heavy (non-hydrogen) atoms. The summed E-state index contributed by atoms with van der Waals surface area (Å²) < 4.78 is 29.9. The van der Waals surface area contributed by atoms with Gasteiger partial charge in [0.25, 0.3) is 5.91 Å². The molecule has 8 nitrogen and oxygen atoms in total. The van der Waals surface area contributed by atoms with Crippen molar-refractivity contribution in [3.05, 3.63) is 52.8 Å². The Morgan fingerprint density at radius 3 is 2.40 bits per heavy atom. The van der Waals surface area contributed by atoms with E-state index in [4.69, 9.17) is 9.88 Å². The number of nitrogens with one attached hydrogen (secondary N) is 1. The third-order valence-corrected chi connectivity index (χ3v) is 6.37. The number of sulfonamides is 1. The maximum atomic E-state index is 12.5. The summed E-state index contributed by atoms with van der Waals surface area (Å²) in [5, 5.41) is 8.02. The molecule has 1 aromatic heterocycles. The minimum Gasteiger partial charge on any atom is -0.452 e. The number of primary sulfonamides is 1. The lowest BCUT2D eigenvalue weighted by Crippen LogP contribution is -2.35. The maximum Gasteiger partial charge on any atom is 0.340 e. The molecule has 3 N–H and O–H groups in total. The Bertz CT molecular complexity index is 1040. The number of benzene rings is 1. The summed E-state index contributed by atoms with van der Waals surface area (Å²) in [5.74, 6) is -0.820. The smallest absolute Gasteiger partial charge is 0.340 e. The first-order valence-corrected chi connectivity index (χ1v) is 11.4. The Kier molecular flexibility index (Phi) is 6.62. The Hall–Kier alpha value is -2.65. The van der Waals surface area contributed by atoms with Crippen molar-refractivity contribution in [2.45, 2.75) is 57.0 Å². The zero-order valence-electron chi connectivity index (χ0n) is 17.2. The molecule has 1 aliphatic carbocycles. The molecule has 1 aliphatic rings. The third kappa shape index (κ3) is 5.28. The van der Waals surface area contributed by atoms with Gasteiger partial charge in [-0.3, -0.25) is 4.79 Å². The summed E-state index contributed by atoms with van der Waals surface area (Å²) in [6, 6.07) is 8.19. The SMILES string of the molecule is Cc1cc(C(=O)OCC(=O)NC2CCCC2)c(C)n1Cc1ccc(S(N)(=O)=O)cc1. The molecule has 0 saturated heterocycles. The fraction of sp³-hybridized carbons (Fsp3) is 0.429. The highest BCUT2D eigenvalue weighted by molar-refractivity contribution is 7.89. The van der Waals surface area contributed by atoms with E-state index in [0.29, 0.717) is 17.8 Å². The van der Waals surface area contributed by atoms with E-state index in [2.05, 4.69) is 5.32 Å². The summed E-state index contributed by atoms with van der Waals surface area (Å²) in [6.07, 6.45) is 4.17. The molecule has 0 bridgehead atoms. The van der Waals surface area contributed by atoms with Gasteiger partial charge in [0.1, 0.15) is 0 Å². The molecule has 0 aliphatic heterocycles. The third-order valence-electron chi connectivity index (χ3n) is 5.44. The Morgan fingerprint density at radius 1 is 1.17 bits per heavy atom. The lowest BCUT2D eigenvalue weighted by molar-refractivity contribution is -0.124. The van der Waals surface area contributed by atoms with Crippen LogP contribution in [0.15, 0.2) is 35.2 Å². The number of rotatable bonds is 7. The molecular weight excluding hydrogens is 406 g/mol. The zero-order chi connectivity index (χ0) is 21.9. The lowest BCUT2D eigenvalue weighted by atomic mass is 10.2. The van der Waals surface area contributed by atoms with Crippen LogP contribution >= 0.6 is 0 Å². The van der Waals surface area contributed by atoms with Crippen molar-refractivity contribution >= 4 is 21.9 Å². The minimum absolute atomic E-state index is 0.0485. The van der Waals surface area contributed by atoms with Crippen LogP contribution in [-0.4, -0.2) is 37.5 Å². The van der Waals surface area contributed by atoms with E-state index in [0.717, 1.165) is 36.9 Å². The van der Waals surface area contributed by atoms with Crippen molar-refractivity contribution < 1.29 is 22.7 Å². The fourth-order valence-electron chi connectivity index (χ4n) is 3.77. The van der Waals surface area contributed by atoms with Gasteiger partial charge in [0, 0.05) is 24.0 Å².